The number of amides is 1. The Morgan fingerprint density at radius 1 is 1.69 bits per heavy atom. The van der Waals surface area contributed by atoms with E-state index in [0.717, 1.165) is 18.7 Å². The summed E-state index contributed by atoms with van der Waals surface area (Å²) in [6.07, 6.45) is 2.54. The van der Waals surface area contributed by atoms with Crippen LogP contribution in [0.1, 0.15) is 32.1 Å². The summed E-state index contributed by atoms with van der Waals surface area (Å²) in [4.78, 5) is 12.0. The minimum Gasteiger partial charge on any atom is -0.467 e. The number of furan rings is 1. The van der Waals surface area contributed by atoms with Crippen molar-refractivity contribution in [2.75, 3.05) is 6.54 Å². The van der Waals surface area contributed by atoms with Crippen LogP contribution in [0.4, 0.5) is 0 Å². The Morgan fingerprint density at radius 3 is 3.06 bits per heavy atom. The molecule has 1 aliphatic rings. The molecule has 0 spiro atoms. The quantitative estimate of drug-likeness (QED) is 0.814. The van der Waals surface area contributed by atoms with Gasteiger partial charge in [0.15, 0.2) is 0 Å². The van der Waals surface area contributed by atoms with E-state index in [9.17, 15) is 4.79 Å². The maximum Gasteiger partial charge on any atom is 0.225 e. The highest BCUT2D eigenvalue weighted by Gasteiger charge is 2.30. The van der Waals surface area contributed by atoms with Gasteiger partial charge in [0.1, 0.15) is 5.76 Å². The van der Waals surface area contributed by atoms with E-state index in [1.165, 1.54) is 0 Å². The monoisotopic (exact) mass is 222 g/mol. The van der Waals surface area contributed by atoms with Crippen LogP contribution in [-0.4, -0.2) is 18.5 Å². The first-order chi connectivity index (χ1) is 7.68. The van der Waals surface area contributed by atoms with Crippen molar-refractivity contribution in [1.82, 2.24) is 10.6 Å². The summed E-state index contributed by atoms with van der Waals surface area (Å²) >= 11 is 0. The third-order valence-electron chi connectivity index (χ3n) is 3.19. The molecule has 1 fully saturated rings. The third kappa shape index (κ3) is 2.27. The molecule has 4 nitrogen and oxygen atoms in total. The van der Waals surface area contributed by atoms with Gasteiger partial charge in [-0.15, -0.1) is 0 Å². The first-order valence-corrected chi connectivity index (χ1v) is 5.75. The molecule has 1 saturated heterocycles. The number of nitrogens with one attached hydrogen (secondary N) is 2. The van der Waals surface area contributed by atoms with Crippen molar-refractivity contribution >= 4 is 5.91 Å². The van der Waals surface area contributed by atoms with Crippen LogP contribution in [0, 0.1) is 5.92 Å². The Balaban J connectivity index is 1.92. The maximum absolute atomic E-state index is 12.0. The predicted octanol–water partition coefficient (Wildman–Crippen LogP) is 1.45. The van der Waals surface area contributed by atoms with Gasteiger partial charge in [-0.1, -0.05) is 0 Å². The molecule has 0 bridgehead atoms. The van der Waals surface area contributed by atoms with E-state index >= 15 is 0 Å². The molecule has 2 heterocycles. The van der Waals surface area contributed by atoms with Crippen LogP contribution in [0.3, 0.4) is 0 Å². The SMILES string of the molecule is CC1NCCC1C(=O)N[C@H](C)c1ccco1. The van der Waals surface area contributed by atoms with E-state index in [1.807, 2.05) is 19.1 Å². The normalized spacial score (nSPS) is 26.6. The lowest BCUT2D eigenvalue weighted by Gasteiger charge is -2.18. The molecule has 0 saturated carbocycles. The first-order valence-electron chi connectivity index (χ1n) is 5.75. The van der Waals surface area contributed by atoms with E-state index in [1.54, 1.807) is 6.26 Å². The van der Waals surface area contributed by atoms with Gasteiger partial charge in [-0.2, -0.15) is 0 Å². The number of carbonyl (C=O) groups is 1. The molecule has 1 aromatic rings. The van der Waals surface area contributed by atoms with E-state index < -0.39 is 0 Å². The molecular formula is C12H18N2O2. The van der Waals surface area contributed by atoms with Crippen LogP contribution in [0.25, 0.3) is 0 Å². The molecule has 1 amide bonds. The number of rotatable bonds is 3. The second-order valence-corrected chi connectivity index (χ2v) is 4.38. The Morgan fingerprint density at radius 2 is 2.50 bits per heavy atom. The minimum atomic E-state index is -0.0599. The lowest BCUT2D eigenvalue weighted by atomic mass is 10.0. The molecule has 0 aromatic carbocycles. The third-order valence-corrected chi connectivity index (χ3v) is 3.19. The van der Waals surface area contributed by atoms with E-state index in [0.29, 0.717) is 0 Å². The van der Waals surface area contributed by atoms with Crippen molar-refractivity contribution in [2.45, 2.75) is 32.4 Å². The average molecular weight is 222 g/mol. The largest absolute Gasteiger partial charge is 0.467 e. The summed E-state index contributed by atoms with van der Waals surface area (Å²) in [5.41, 5.74) is 0. The summed E-state index contributed by atoms with van der Waals surface area (Å²) in [5, 5.41) is 6.26. The summed E-state index contributed by atoms with van der Waals surface area (Å²) in [6, 6.07) is 3.91. The molecule has 2 rings (SSSR count). The van der Waals surface area contributed by atoms with Gasteiger partial charge in [0, 0.05) is 6.04 Å². The molecular weight excluding hydrogens is 204 g/mol. The number of hydrogen-bond acceptors (Lipinski definition) is 3. The first kappa shape index (κ1) is 11.2. The van der Waals surface area contributed by atoms with Gasteiger partial charge in [0.05, 0.1) is 18.2 Å². The fourth-order valence-electron chi connectivity index (χ4n) is 2.15. The van der Waals surface area contributed by atoms with Gasteiger partial charge in [0.2, 0.25) is 5.91 Å². The van der Waals surface area contributed by atoms with Gasteiger partial charge in [-0.3, -0.25) is 4.79 Å². The fourth-order valence-corrected chi connectivity index (χ4v) is 2.15. The van der Waals surface area contributed by atoms with Gasteiger partial charge in [0.25, 0.3) is 0 Å². The Hall–Kier alpha value is -1.29. The zero-order valence-electron chi connectivity index (χ0n) is 9.69. The highest BCUT2D eigenvalue weighted by atomic mass is 16.3. The molecule has 1 aliphatic heterocycles. The van der Waals surface area contributed by atoms with Crippen LogP contribution >= 0.6 is 0 Å². The van der Waals surface area contributed by atoms with Crippen molar-refractivity contribution in [3.05, 3.63) is 24.2 Å². The number of carbonyl (C=O) groups excluding carboxylic acids is 1. The molecule has 0 radical (unpaired) electrons. The topological polar surface area (TPSA) is 54.3 Å². The molecule has 2 unspecified atom stereocenters. The van der Waals surface area contributed by atoms with Gasteiger partial charge >= 0.3 is 0 Å². The van der Waals surface area contributed by atoms with Crippen LogP contribution in [-0.2, 0) is 4.79 Å². The molecule has 2 N–H and O–H groups in total. The molecule has 16 heavy (non-hydrogen) atoms. The van der Waals surface area contributed by atoms with Crippen LogP contribution in [0.5, 0.6) is 0 Å². The zero-order valence-corrected chi connectivity index (χ0v) is 9.69. The molecule has 4 heteroatoms. The lowest BCUT2D eigenvalue weighted by molar-refractivity contribution is -0.125. The molecule has 0 aliphatic carbocycles. The Bertz CT molecular complexity index is 348. The minimum absolute atomic E-state index is 0.0599. The standard InChI is InChI=1S/C12H18N2O2/c1-8-10(5-6-13-8)12(15)14-9(2)11-4-3-7-16-11/h3-4,7-10,13H,5-6H2,1-2H3,(H,14,15)/t8?,9-,10?/m1/s1. The Kier molecular flexibility index (Phi) is 3.29. The Labute approximate surface area is 95.4 Å². The van der Waals surface area contributed by atoms with E-state index in [4.69, 9.17) is 4.42 Å². The van der Waals surface area contributed by atoms with E-state index in [2.05, 4.69) is 17.6 Å². The second-order valence-electron chi connectivity index (χ2n) is 4.38. The molecule has 88 valence electrons. The second kappa shape index (κ2) is 4.70. The maximum atomic E-state index is 12.0. The lowest BCUT2D eigenvalue weighted by Crippen LogP contribution is -2.37. The summed E-state index contributed by atoms with van der Waals surface area (Å²) in [6.45, 7) is 4.91. The summed E-state index contributed by atoms with van der Waals surface area (Å²) in [7, 11) is 0. The van der Waals surface area contributed by atoms with Crippen molar-refractivity contribution < 1.29 is 9.21 Å². The highest BCUT2D eigenvalue weighted by molar-refractivity contribution is 5.80. The van der Waals surface area contributed by atoms with Crippen LogP contribution in [0.15, 0.2) is 22.8 Å². The van der Waals surface area contributed by atoms with Gasteiger partial charge in [-0.05, 0) is 38.9 Å². The highest BCUT2D eigenvalue weighted by Crippen LogP contribution is 2.18. The van der Waals surface area contributed by atoms with Gasteiger partial charge < -0.3 is 15.1 Å². The molecule has 3 atom stereocenters. The van der Waals surface area contributed by atoms with Crippen LogP contribution < -0.4 is 10.6 Å². The smallest absolute Gasteiger partial charge is 0.225 e. The molecule has 1 aromatic heterocycles. The van der Waals surface area contributed by atoms with Crippen LogP contribution in [0.2, 0.25) is 0 Å². The van der Waals surface area contributed by atoms with Crippen molar-refractivity contribution in [3.63, 3.8) is 0 Å². The zero-order chi connectivity index (χ0) is 11.5. The van der Waals surface area contributed by atoms with Crippen molar-refractivity contribution in [3.8, 4) is 0 Å². The van der Waals surface area contributed by atoms with Crippen molar-refractivity contribution in [1.29, 1.82) is 0 Å². The number of hydrogen-bond donors (Lipinski definition) is 2. The average Bonchev–Trinajstić information content (AvgIpc) is 2.86. The summed E-state index contributed by atoms with van der Waals surface area (Å²) < 4.78 is 5.26. The van der Waals surface area contributed by atoms with Crippen molar-refractivity contribution in [2.24, 2.45) is 5.92 Å². The van der Waals surface area contributed by atoms with E-state index in [-0.39, 0.29) is 23.9 Å². The fraction of sp³-hybridized carbons (Fsp3) is 0.583. The summed E-state index contributed by atoms with van der Waals surface area (Å²) in [5.74, 6) is 0.991. The predicted molar refractivity (Wildman–Crippen MR) is 60.8 cm³/mol. The van der Waals surface area contributed by atoms with Gasteiger partial charge in [-0.25, -0.2) is 0 Å².